The van der Waals surface area contributed by atoms with Gasteiger partial charge in [-0.3, -0.25) is 10.1 Å². The van der Waals surface area contributed by atoms with Crippen molar-refractivity contribution < 1.29 is 27.5 Å². The Hall–Kier alpha value is -1.23. The zero-order valence-corrected chi connectivity index (χ0v) is 12.1. The molecule has 0 saturated carbocycles. The number of ether oxygens (including phenoxy) is 2. The molecule has 2 N–H and O–H groups in total. The number of nitrogens with zero attached hydrogens (tertiary/aromatic N) is 1. The summed E-state index contributed by atoms with van der Waals surface area (Å²) in [5.74, 6) is -1.46. The fourth-order valence-electron chi connectivity index (χ4n) is 2.80. The average Bonchev–Trinajstić information content (AvgIpc) is 2.87. The molecule has 3 aliphatic heterocycles. The summed E-state index contributed by atoms with van der Waals surface area (Å²) in [7, 11) is -3.81. The topological polar surface area (TPSA) is 114 Å². The Morgan fingerprint density at radius 2 is 1.76 bits per heavy atom. The lowest BCUT2D eigenvalue weighted by Crippen LogP contribution is -2.61. The van der Waals surface area contributed by atoms with E-state index >= 15 is 0 Å². The van der Waals surface area contributed by atoms with Gasteiger partial charge in [0.05, 0.1) is 13.2 Å². The van der Waals surface area contributed by atoms with Crippen LogP contribution in [0.3, 0.4) is 0 Å². The first-order chi connectivity index (χ1) is 9.93. The number of rotatable bonds is 2. The van der Waals surface area contributed by atoms with Crippen molar-refractivity contribution in [2.45, 2.75) is 23.9 Å². The first-order valence-electron chi connectivity index (χ1n) is 6.79. The average molecular weight is 319 g/mol. The van der Waals surface area contributed by atoms with Crippen LogP contribution >= 0.6 is 0 Å². The van der Waals surface area contributed by atoms with Crippen molar-refractivity contribution in [1.29, 1.82) is 0 Å². The number of nitrogens with one attached hydrogen (secondary N) is 2. The largest absolute Gasteiger partial charge is 0.347 e. The minimum atomic E-state index is -3.81. The molecule has 118 valence electrons. The lowest BCUT2D eigenvalue weighted by atomic mass is 10.1. The molecule has 3 fully saturated rings. The van der Waals surface area contributed by atoms with Crippen molar-refractivity contribution in [2.75, 3.05) is 32.8 Å². The van der Waals surface area contributed by atoms with Crippen molar-refractivity contribution in [2.24, 2.45) is 0 Å². The molecule has 3 rings (SSSR count). The number of amides is 3. The number of hydrogen-bond acceptors (Lipinski definition) is 6. The number of urea groups is 1. The molecule has 3 aliphatic rings. The van der Waals surface area contributed by atoms with Crippen LogP contribution in [0.25, 0.3) is 0 Å². The highest BCUT2D eigenvalue weighted by Gasteiger charge is 2.46. The van der Waals surface area contributed by atoms with Gasteiger partial charge in [-0.2, -0.15) is 0 Å². The van der Waals surface area contributed by atoms with Gasteiger partial charge in [-0.05, 0) is 0 Å². The fraction of sp³-hybridized carbons (Fsp3) is 0.818. The molecule has 3 saturated heterocycles. The van der Waals surface area contributed by atoms with Crippen molar-refractivity contribution >= 4 is 22.0 Å². The summed E-state index contributed by atoms with van der Waals surface area (Å²) in [6.45, 7) is 1.30. The second-order valence-electron chi connectivity index (χ2n) is 5.24. The van der Waals surface area contributed by atoms with Gasteiger partial charge < -0.3 is 14.8 Å². The maximum Gasteiger partial charge on any atom is 0.321 e. The summed E-state index contributed by atoms with van der Waals surface area (Å²) in [4.78, 5) is 22.7. The Labute approximate surface area is 122 Å². The van der Waals surface area contributed by atoms with Crippen LogP contribution in [-0.2, 0) is 24.3 Å². The zero-order chi connectivity index (χ0) is 15.1. The van der Waals surface area contributed by atoms with E-state index in [0.717, 1.165) is 0 Å². The normalized spacial score (nSPS) is 30.2. The molecule has 3 amide bonds. The molecule has 9 nitrogen and oxygen atoms in total. The van der Waals surface area contributed by atoms with Crippen molar-refractivity contribution in [3.8, 4) is 0 Å². The van der Waals surface area contributed by atoms with Gasteiger partial charge in [-0.1, -0.05) is 0 Å². The second-order valence-corrected chi connectivity index (χ2v) is 7.35. The summed E-state index contributed by atoms with van der Waals surface area (Å²) < 4.78 is 37.3. The molecular weight excluding hydrogens is 302 g/mol. The lowest BCUT2D eigenvalue weighted by Gasteiger charge is -2.38. The summed E-state index contributed by atoms with van der Waals surface area (Å²) >= 11 is 0. The van der Waals surface area contributed by atoms with E-state index in [0.29, 0.717) is 26.1 Å². The molecule has 0 bridgehead atoms. The summed E-state index contributed by atoms with van der Waals surface area (Å²) in [6.07, 6.45) is 0.875. The molecule has 0 radical (unpaired) electrons. The quantitative estimate of drug-likeness (QED) is 0.631. The van der Waals surface area contributed by atoms with Crippen LogP contribution in [-0.4, -0.2) is 68.5 Å². The van der Waals surface area contributed by atoms with E-state index in [4.69, 9.17) is 9.47 Å². The third-order valence-corrected chi connectivity index (χ3v) is 6.18. The first-order valence-corrected chi connectivity index (χ1v) is 8.29. The van der Waals surface area contributed by atoms with E-state index in [9.17, 15) is 18.0 Å². The Kier molecular flexibility index (Phi) is 3.64. The number of hydrogen-bond donors (Lipinski definition) is 2. The molecule has 0 aromatic heterocycles. The van der Waals surface area contributed by atoms with E-state index in [2.05, 4.69) is 5.32 Å². The van der Waals surface area contributed by atoms with Gasteiger partial charge in [0, 0.05) is 32.5 Å². The van der Waals surface area contributed by atoms with Crippen LogP contribution < -0.4 is 10.6 Å². The summed E-state index contributed by atoms with van der Waals surface area (Å²) in [6, 6.07) is -0.670. The van der Waals surface area contributed by atoms with Gasteiger partial charge in [-0.15, -0.1) is 0 Å². The second kappa shape index (κ2) is 5.20. The van der Waals surface area contributed by atoms with Gasteiger partial charge in [-0.25, -0.2) is 17.5 Å². The first kappa shape index (κ1) is 14.7. The summed E-state index contributed by atoms with van der Waals surface area (Å²) in [5, 5.41) is 3.03. The van der Waals surface area contributed by atoms with Crippen LogP contribution in [0.5, 0.6) is 0 Å². The molecule has 1 unspecified atom stereocenters. The Balaban J connectivity index is 1.68. The van der Waals surface area contributed by atoms with Crippen LogP contribution in [0.2, 0.25) is 0 Å². The van der Waals surface area contributed by atoms with Crippen molar-refractivity contribution in [3.05, 3.63) is 0 Å². The molecule has 1 spiro atoms. The number of carbonyl (C=O) groups excluding carboxylic acids is 2. The molecule has 0 aromatic rings. The molecule has 0 aliphatic carbocycles. The van der Waals surface area contributed by atoms with Crippen LogP contribution in [0, 0.1) is 0 Å². The van der Waals surface area contributed by atoms with E-state index < -0.39 is 33.0 Å². The lowest BCUT2D eigenvalue weighted by molar-refractivity contribution is -0.179. The van der Waals surface area contributed by atoms with E-state index in [-0.39, 0.29) is 19.6 Å². The minimum absolute atomic E-state index is 0.207. The van der Waals surface area contributed by atoms with E-state index in [1.54, 1.807) is 0 Å². The molecule has 10 heteroatoms. The third kappa shape index (κ3) is 2.63. The Morgan fingerprint density at radius 1 is 1.14 bits per heavy atom. The zero-order valence-electron chi connectivity index (χ0n) is 11.3. The molecular formula is C11H17N3O6S. The number of imide groups is 1. The van der Waals surface area contributed by atoms with E-state index in [1.807, 2.05) is 5.32 Å². The van der Waals surface area contributed by atoms with Gasteiger partial charge in [0.25, 0.3) is 0 Å². The summed E-state index contributed by atoms with van der Waals surface area (Å²) in [5.41, 5.74) is 0. The third-order valence-electron chi connectivity index (χ3n) is 3.99. The number of piperidine rings is 1. The molecule has 21 heavy (non-hydrogen) atoms. The Morgan fingerprint density at radius 3 is 2.33 bits per heavy atom. The van der Waals surface area contributed by atoms with Gasteiger partial charge in [0.2, 0.25) is 15.9 Å². The molecule has 1 atom stereocenters. The van der Waals surface area contributed by atoms with Crippen molar-refractivity contribution in [3.63, 3.8) is 0 Å². The standard InChI is InChI=1S/C11H17N3O6S/c15-9-8(7-12-10(16)13-9)21(17,18)14-3-1-11(2-4-14)19-5-6-20-11/h8H,1-7H2,(H2,12,13,15,16). The van der Waals surface area contributed by atoms with Crippen LogP contribution in [0.1, 0.15) is 12.8 Å². The fourth-order valence-corrected chi connectivity index (χ4v) is 4.48. The predicted octanol–water partition coefficient (Wildman–Crippen LogP) is -1.64. The predicted molar refractivity (Wildman–Crippen MR) is 69.7 cm³/mol. The van der Waals surface area contributed by atoms with E-state index in [1.165, 1.54) is 4.31 Å². The highest BCUT2D eigenvalue weighted by molar-refractivity contribution is 7.90. The van der Waals surface area contributed by atoms with Crippen LogP contribution in [0.4, 0.5) is 4.79 Å². The maximum absolute atomic E-state index is 12.5. The number of carbonyl (C=O) groups is 2. The molecule has 0 aromatic carbocycles. The maximum atomic E-state index is 12.5. The van der Waals surface area contributed by atoms with Gasteiger partial charge in [0.15, 0.2) is 11.0 Å². The smallest absolute Gasteiger partial charge is 0.321 e. The SMILES string of the molecule is O=C1NCC(S(=O)(=O)N2CCC3(CC2)OCCO3)C(=O)N1. The monoisotopic (exact) mass is 319 g/mol. The van der Waals surface area contributed by atoms with Crippen molar-refractivity contribution in [1.82, 2.24) is 14.9 Å². The highest BCUT2D eigenvalue weighted by Crippen LogP contribution is 2.32. The Bertz CT molecular complexity index is 546. The minimum Gasteiger partial charge on any atom is -0.347 e. The highest BCUT2D eigenvalue weighted by atomic mass is 32.2. The van der Waals surface area contributed by atoms with Gasteiger partial charge in [0.1, 0.15) is 0 Å². The van der Waals surface area contributed by atoms with Gasteiger partial charge >= 0.3 is 6.03 Å². The molecule has 3 heterocycles. The van der Waals surface area contributed by atoms with Crippen LogP contribution in [0.15, 0.2) is 0 Å². The number of sulfonamides is 1.